The van der Waals surface area contributed by atoms with Gasteiger partial charge in [0.2, 0.25) is 0 Å². The Balaban J connectivity index is 1.53. The first-order valence-corrected chi connectivity index (χ1v) is 11.9. The number of fused-ring (bicyclic) bond motifs is 1. The van der Waals surface area contributed by atoms with Crippen LogP contribution in [0.25, 0.3) is 16.6 Å². The summed E-state index contributed by atoms with van der Waals surface area (Å²) < 4.78 is 12.8. The molecule has 1 atom stereocenters. The molecular formula is C26H32N6O4. The standard InChI is InChI=1S/C26H32N6O4/c1-25(2,3)36-24(33)30-19-8-9-31(14-19)22-7-6-17(12-28-22)21-10-20(35-16-26(4,5)34)15-32-23(21)18(11-27)13-29-32/h6-7,10,12-13,15,19,34H,8-9,14,16H2,1-5H3,(H,30,33). The van der Waals surface area contributed by atoms with E-state index in [4.69, 9.17) is 9.47 Å². The largest absolute Gasteiger partial charge is 0.489 e. The Morgan fingerprint density at radius 1 is 1.28 bits per heavy atom. The topological polar surface area (TPSA) is 125 Å². The van der Waals surface area contributed by atoms with Crippen LogP contribution in [0.2, 0.25) is 0 Å². The second kappa shape index (κ2) is 9.66. The number of aromatic nitrogens is 3. The number of nitrogens with zero attached hydrogens (tertiary/aromatic N) is 5. The van der Waals surface area contributed by atoms with Crippen molar-refractivity contribution in [3.8, 4) is 22.9 Å². The van der Waals surface area contributed by atoms with Gasteiger partial charge in [-0.05, 0) is 59.2 Å². The molecule has 0 saturated carbocycles. The Morgan fingerprint density at radius 3 is 2.69 bits per heavy atom. The minimum Gasteiger partial charge on any atom is -0.489 e. The van der Waals surface area contributed by atoms with Crippen molar-refractivity contribution >= 4 is 17.4 Å². The number of nitriles is 1. The van der Waals surface area contributed by atoms with Crippen LogP contribution in [-0.4, -0.2) is 62.7 Å². The van der Waals surface area contributed by atoms with Crippen LogP contribution >= 0.6 is 0 Å². The number of amides is 1. The van der Waals surface area contributed by atoms with Gasteiger partial charge < -0.3 is 24.8 Å². The van der Waals surface area contributed by atoms with E-state index in [9.17, 15) is 15.2 Å². The average molecular weight is 493 g/mol. The van der Waals surface area contributed by atoms with Gasteiger partial charge in [-0.1, -0.05) is 0 Å². The predicted molar refractivity (Wildman–Crippen MR) is 135 cm³/mol. The second-order valence-electron chi connectivity index (χ2n) is 10.6. The molecule has 0 radical (unpaired) electrons. The minimum atomic E-state index is -0.994. The number of carbonyl (C=O) groups excluding carboxylic acids is 1. The maximum absolute atomic E-state index is 12.1. The van der Waals surface area contributed by atoms with Crippen LogP contribution in [0.4, 0.5) is 10.6 Å². The summed E-state index contributed by atoms with van der Waals surface area (Å²) in [5.41, 5.74) is 1.12. The van der Waals surface area contributed by atoms with Gasteiger partial charge in [-0.15, -0.1) is 0 Å². The van der Waals surface area contributed by atoms with E-state index >= 15 is 0 Å². The Bertz CT molecular complexity index is 1280. The molecule has 4 rings (SSSR count). The van der Waals surface area contributed by atoms with Gasteiger partial charge in [-0.2, -0.15) is 10.4 Å². The highest BCUT2D eigenvalue weighted by Gasteiger charge is 2.27. The summed E-state index contributed by atoms with van der Waals surface area (Å²) in [7, 11) is 0. The van der Waals surface area contributed by atoms with Gasteiger partial charge in [-0.25, -0.2) is 14.3 Å². The molecule has 0 spiro atoms. The number of nitrogens with one attached hydrogen (secondary N) is 1. The van der Waals surface area contributed by atoms with E-state index in [1.54, 1.807) is 30.8 Å². The van der Waals surface area contributed by atoms with Crippen LogP contribution in [0.5, 0.6) is 5.75 Å². The quantitative estimate of drug-likeness (QED) is 0.535. The lowest BCUT2D eigenvalue weighted by Gasteiger charge is -2.22. The van der Waals surface area contributed by atoms with Crippen molar-refractivity contribution in [1.29, 1.82) is 5.26 Å². The van der Waals surface area contributed by atoms with E-state index in [0.717, 1.165) is 29.9 Å². The molecule has 2 N–H and O–H groups in total. The molecule has 3 aromatic rings. The number of hydrogen-bond acceptors (Lipinski definition) is 8. The minimum absolute atomic E-state index is 0.0180. The Hall–Kier alpha value is -3.84. The number of aliphatic hydroxyl groups is 1. The van der Waals surface area contributed by atoms with Gasteiger partial charge in [-0.3, -0.25) is 0 Å². The monoisotopic (exact) mass is 492 g/mol. The first-order chi connectivity index (χ1) is 16.9. The zero-order valence-electron chi connectivity index (χ0n) is 21.3. The number of carbonyl (C=O) groups is 1. The van der Waals surface area contributed by atoms with Crippen molar-refractivity contribution in [2.45, 2.75) is 58.3 Å². The molecule has 10 heteroatoms. The van der Waals surface area contributed by atoms with E-state index in [2.05, 4.69) is 26.4 Å². The molecule has 1 saturated heterocycles. The van der Waals surface area contributed by atoms with E-state index < -0.39 is 17.3 Å². The molecular weight excluding hydrogens is 460 g/mol. The highest BCUT2D eigenvalue weighted by Crippen LogP contribution is 2.32. The fourth-order valence-corrected chi connectivity index (χ4v) is 4.03. The van der Waals surface area contributed by atoms with E-state index in [0.29, 0.717) is 23.4 Å². The molecule has 1 unspecified atom stereocenters. The van der Waals surface area contributed by atoms with Crippen LogP contribution in [0, 0.1) is 11.3 Å². The number of anilines is 1. The first kappa shape index (κ1) is 25.3. The van der Waals surface area contributed by atoms with E-state index in [-0.39, 0.29) is 12.6 Å². The molecule has 1 amide bonds. The first-order valence-electron chi connectivity index (χ1n) is 11.9. The van der Waals surface area contributed by atoms with Crippen molar-refractivity contribution in [2.24, 2.45) is 0 Å². The molecule has 0 aromatic carbocycles. The summed E-state index contributed by atoms with van der Waals surface area (Å²) >= 11 is 0. The summed E-state index contributed by atoms with van der Waals surface area (Å²) in [4.78, 5) is 18.9. The molecule has 190 valence electrons. The number of alkyl carbamates (subject to hydrolysis) is 1. The lowest BCUT2D eigenvalue weighted by molar-refractivity contribution is 0.0283. The van der Waals surface area contributed by atoms with E-state index in [1.165, 1.54) is 6.20 Å². The summed E-state index contributed by atoms with van der Waals surface area (Å²) in [5.74, 6) is 1.32. The van der Waals surface area contributed by atoms with Crippen molar-refractivity contribution in [1.82, 2.24) is 19.9 Å². The number of hydrogen-bond donors (Lipinski definition) is 2. The lowest BCUT2D eigenvalue weighted by Crippen LogP contribution is -2.40. The van der Waals surface area contributed by atoms with Gasteiger partial charge in [0.1, 0.15) is 29.8 Å². The Morgan fingerprint density at radius 2 is 2.06 bits per heavy atom. The zero-order chi connectivity index (χ0) is 26.1. The van der Waals surface area contributed by atoms with Crippen molar-refractivity contribution in [3.05, 3.63) is 42.4 Å². The number of pyridine rings is 2. The molecule has 0 aliphatic carbocycles. The van der Waals surface area contributed by atoms with Crippen LogP contribution in [0.3, 0.4) is 0 Å². The molecule has 1 aliphatic rings. The third-order valence-corrected chi connectivity index (χ3v) is 5.59. The van der Waals surface area contributed by atoms with Gasteiger partial charge in [0.15, 0.2) is 0 Å². The molecule has 0 bridgehead atoms. The molecule has 1 aliphatic heterocycles. The molecule has 1 fully saturated rings. The van der Waals surface area contributed by atoms with Crippen molar-refractivity contribution < 1.29 is 19.4 Å². The lowest BCUT2D eigenvalue weighted by atomic mass is 10.1. The third-order valence-electron chi connectivity index (χ3n) is 5.59. The summed E-state index contributed by atoms with van der Waals surface area (Å²) in [6, 6.07) is 7.87. The maximum atomic E-state index is 12.1. The smallest absolute Gasteiger partial charge is 0.407 e. The summed E-state index contributed by atoms with van der Waals surface area (Å²) in [5, 5.41) is 26.8. The highest BCUT2D eigenvalue weighted by molar-refractivity contribution is 5.85. The second-order valence-corrected chi connectivity index (χ2v) is 10.6. The van der Waals surface area contributed by atoms with Gasteiger partial charge >= 0.3 is 6.09 Å². The predicted octanol–water partition coefficient (Wildman–Crippen LogP) is 3.52. The Kier molecular flexibility index (Phi) is 6.78. The fourth-order valence-electron chi connectivity index (χ4n) is 4.03. The number of ether oxygens (including phenoxy) is 2. The van der Waals surface area contributed by atoms with Crippen LogP contribution in [-0.2, 0) is 4.74 Å². The van der Waals surface area contributed by atoms with Crippen LogP contribution < -0.4 is 15.0 Å². The normalized spacial score (nSPS) is 16.1. The Labute approximate surface area is 210 Å². The highest BCUT2D eigenvalue weighted by atomic mass is 16.6. The molecule has 36 heavy (non-hydrogen) atoms. The van der Waals surface area contributed by atoms with Gasteiger partial charge in [0.25, 0.3) is 0 Å². The van der Waals surface area contributed by atoms with Gasteiger partial charge in [0.05, 0.1) is 35.1 Å². The third kappa shape index (κ3) is 6.04. The van der Waals surface area contributed by atoms with E-state index in [1.807, 2.05) is 39.0 Å². The molecule has 3 aromatic heterocycles. The number of rotatable bonds is 6. The summed E-state index contributed by atoms with van der Waals surface area (Å²) in [6.45, 7) is 10.4. The fraction of sp³-hybridized carbons (Fsp3) is 0.462. The van der Waals surface area contributed by atoms with Crippen LogP contribution in [0.1, 0.15) is 46.6 Å². The van der Waals surface area contributed by atoms with Crippen LogP contribution in [0.15, 0.2) is 36.8 Å². The maximum Gasteiger partial charge on any atom is 0.407 e. The average Bonchev–Trinajstić information content (AvgIpc) is 3.42. The zero-order valence-corrected chi connectivity index (χ0v) is 21.3. The molecule has 10 nitrogen and oxygen atoms in total. The van der Waals surface area contributed by atoms with Gasteiger partial charge in [0, 0.05) is 30.4 Å². The van der Waals surface area contributed by atoms with Crippen molar-refractivity contribution in [3.63, 3.8) is 0 Å². The summed E-state index contributed by atoms with van der Waals surface area (Å²) in [6.07, 6.45) is 5.35. The molecule has 4 heterocycles. The SMILES string of the molecule is CC(C)(O)COc1cc(-c2ccc(N3CCC(NC(=O)OC(C)(C)C)C3)nc2)c2c(C#N)cnn2c1. The van der Waals surface area contributed by atoms with Crippen molar-refractivity contribution in [2.75, 3.05) is 24.6 Å².